The molecule has 8 nitrogen and oxygen atoms in total. The van der Waals surface area contributed by atoms with Gasteiger partial charge in [0.1, 0.15) is 5.69 Å². The SMILES string of the molecule is COC[C@H](CO)NC(=O)c1cccc2nnnn12. The average Bonchev–Trinajstić information content (AvgIpc) is 2.85. The number of methoxy groups -OCH3 is 1. The summed E-state index contributed by atoms with van der Waals surface area (Å²) in [5, 5.41) is 22.7. The maximum absolute atomic E-state index is 12.0. The Hall–Kier alpha value is -2.06. The van der Waals surface area contributed by atoms with Crippen LogP contribution in [-0.2, 0) is 4.74 Å². The van der Waals surface area contributed by atoms with Crippen molar-refractivity contribution in [1.82, 2.24) is 25.4 Å². The summed E-state index contributed by atoms with van der Waals surface area (Å²) in [7, 11) is 1.50. The first-order valence-corrected chi connectivity index (χ1v) is 5.34. The highest BCUT2D eigenvalue weighted by molar-refractivity contribution is 5.93. The molecule has 2 aromatic rings. The molecule has 0 aliphatic heterocycles. The molecular formula is C10H13N5O3. The van der Waals surface area contributed by atoms with Gasteiger partial charge < -0.3 is 15.2 Å². The van der Waals surface area contributed by atoms with Gasteiger partial charge in [-0.1, -0.05) is 6.07 Å². The van der Waals surface area contributed by atoms with Crippen LogP contribution in [-0.4, -0.2) is 57.4 Å². The van der Waals surface area contributed by atoms with Crippen LogP contribution in [0.4, 0.5) is 0 Å². The van der Waals surface area contributed by atoms with E-state index in [1.807, 2.05) is 0 Å². The maximum Gasteiger partial charge on any atom is 0.270 e. The standard InChI is InChI=1S/C10H13N5O3/c1-18-6-7(5-16)11-10(17)8-3-2-4-9-12-13-14-15(8)9/h2-4,7,16H,5-6H2,1H3,(H,11,17)/t7-/m0/s1. The van der Waals surface area contributed by atoms with Crippen LogP contribution in [0.3, 0.4) is 0 Å². The number of pyridine rings is 1. The number of rotatable bonds is 5. The van der Waals surface area contributed by atoms with Gasteiger partial charge in [0.15, 0.2) is 5.65 Å². The van der Waals surface area contributed by atoms with Gasteiger partial charge >= 0.3 is 0 Å². The molecule has 0 aliphatic carbocycles. The van der Waals surface area contributed by atoms with Crippen LogP contribution in [0.1, 0.15) is 10.5 Å². The van der Waals surface area contributed by atoms with E-state index in [4.69, 9.17) is 9.84 Å². The van der Waals surface area contributed by atoms with Crippen LogP contribution in [0, 0.1) is 0 Å². The normalized spacial score (nSPS) is 12.6. The third kappa shape index (κ3) is 2.44. The Morgan fingerprint density at radius 1 is 1.61 bits per heavy atom. The Kier molecular flexibility index (Phi) is 3.80. The molecule has 0 saturated carbocycles. The van der Waals surface area contributed by atoms with Gasteiger partial charge in [0, 0.05) is 7.11 Å². The van der Waals surface area contributed by atoms with E-state index in [0.717, 1.165) is 0 Å². The topological polar surface area (TPSA) is 102 Å². The van der Waals surface area contributed by atoms with Crippen molar-refractivity contribution in [3.8, 4) is 0 Å². The van der Waals surface area contributed by atoms with Crippen molar-refractivity contribution in [2.24, 2.45) is 0 Å². The van der Waals surface area contributed by atoms with Gasteiger partial charge in [0.05, 0.1) is 19.3 Å². The first kappa shape index (κ1) is 12.4. The first-order chi connectivity index (χ1) is 8.76. The van der Waals surface area contributed by atoms with E-state index in [1.54, 1.807) is 18.2 Å². The second-order valence-electron chi connectivity index (χ2n) is 3.67. The van der Waals surface area contributed by atoms with Crippen molar-refractivity contribution < 1.29 is 14.6 Å². The Labute approximate surface area is 103 Å². The van der Waals surface area contributed by atoms with E-state index in [2.05, 4.69) is 20.8 Å². The van der Waals surface area contributed by atoms with Gasteiger partial charge in [-0.15, -0.1) is 5.10 Å². The fourth-order valence-corrected chi connectivity index (χ4v) is 1.54. The molecule has 2 heterocycles. The molecule has 0 saturated heterocycles. The number of hydrogen-bond donors (Lipinski definition) is 2. The summed E-state index contributed by atoms with van der Waals surface area (Å²) < 4.78 is 6.21. The molecule has 96 valence electrons. The van der Waals surface area contributed by atoms with Crippen molar-refractivity contribution in [2.45, 2.75) is 6.04 Å². The van der Waals surface area contributed by atoms with Crippen LogP contribution in [0.15, 0.2) is 18.2 Å². The predicted molar refractivity (Wildman–Crippen MR) is 61.0 cm³/mol. The Morgan fingerprint density at radius 3 is 3.17 bits per heavy atom. The molecular weight excluding hydrogens is 238 g/mol. The third-order valence-electron chi connectivity index (χ3n) is 2.38. The number of amides is 1. The second-order valence-corrected chi connectivity index (χ2v) is 3.67. The Balaban J connectivity index is 2.20. The highest BCUT2D eigenvalue weighted by Crippen LogP contribution is 2.03. The van der Waals surface area contributed by atoms with Crippen LogP contribution in [0.2, 0.25) is 0 Å². The lowest BCUT2D eigenvalue weighted by Crippen LogP contribution is -2.41. The van der Waals surface area contributed by atoms with Crippen molar-refractivity contribution in [3.05, 3.63) is 23.9 Å². The van der Waals surface area contributed by atoms with Gasteiger partial charge in [0.25, 0.3) is 5.91 Å². The molecule has 0 radical (unpaired) electrons. The fraction of sp³-hybridized carbons (Fsp3) is 0.400. The quantitative estimate of drug-likeness (QED) is 0.696. The van der Waals surface area contributed by atoms with E-state index >= 15 is 0 Å². The summed E-state index contributed by atoms with van der Waals surface area (Å²) in [6.07, 6.45) is 0. The van der Waals surface area contributed by atoms with Crippen LogP contribution in [0.25, 0.3) is 5.65 Å². The minimum Gasteiger partial charge on any atom is -0.394 e. The lowest BCUT2D eigenvalue weighted by atomic mass is 10.3. The molecule has 2 N–H and O–H groups in total. The zero-order chi connectivity index (χ0) is 13.0. The Bertz CT molecular complexity index is 541. The summed E-state index contributed by atoms with van der Waals surface area (Å²) in [5.41, 5.74) is 0.780. The van der Waals surface area contributed by atoms with Gasteiger partial charge in [0.2, 0.25) is 0 Å². The molecule has 0 bridgehead atoms. The van der Waals surface area contributed by atoms with Crippen molar-refractivity contribution in [3.63, 3.8) is 0 Å². The molecule has 0 spiro atoms. The molecule has 1 amide bonds. The lowest BCUT2D eigenvalue weighted by molar-refractivity contribution is 0.0832. The minimum absolute atomic E-state index is 0.203. The summed E-state index contributed by atoms with van der Waals surface area (Å²) in [5.74, 6) is -0.371. The number of hydrogen-bond acceptors (Lipinski definition) is 6. The highest BCUT2D eigenvalue weighted by Gasteiger charge is 2.16. The summed E-state index contributed by atoms with van der Waals surface area (Å²) >= 11 is 0. The Morgan fingerprint density at radius 2 is 2.44 bits per heavy atom. The number of fused-ring (bicyclic) bond motifs is 1. The summed E-state index contributed by atoms with van der Waals surface area (Å²) in [4.78, 5) is 12.0. The number of nitrogens with zero attached hydrogens (tertiary/aromatic N) is 4. The maximum atomic E-state index is 12.0. The molecule has 8 heteroatoms. The van der Waals surface area contributed by atoms with Crippen LogP contribution in [0.5, 0.6) is 0 Å². The molecule has 18 heavy (non-hydrogen) atoms. The van der Waals surface area contributed by atoms with E-state index < -0.39 is 6.04 Å². The summed E-state index contributed by atoms with van der Waals surface area (Å²) in [6.45, 7) is 0.0268. The first-order valence-electron chi connectivity index (χ1n) is 5.34. The van der Waals surface area contributed by atoms with E-state index in [1.165, 1.54) is 11.6 Å². The number of tetrazole rings is 1. The van der Waals surface area contributed by atoms with Gasteiger partial charge in [-0.3, -0.25) is 4.79 Å². The molecule has 0 aromatic carbocycles. The van der Waals surface area contributed by atoms with Crippen molar-refractivity contribution >= 4 is 11.6 Å². The summed E-state index contributed by atoms with van der Waals surface area (Å²) in [6, 6.07) is 4.51. The fourth-order valence-electron chi connectivity index (χ4n) is 1.54. The molecule has 2 aromatic heterocycles. The van der Waals surface area contributed by atoms with Crippen LogP contribution < -0.4 is 5.32 Å². The largest absolute Gasteiger partial charge is 0.394 e. The second kappa shape index (κ2) is 5.52. The predicted octanol–water partition coefficient (Wildman–Crippen LogP) is -1.14. The lowest BCUT2D eigenvalue weighted by Gasteiger charge is -2.15. The zero-order valence-corrected chi connectivity index (χ0v) is 9.78. The third-order valence-corrected chi connectivity index (χ3v) is 2.38. The van der Waals surface area contributed by atoms with Crippen molar-refractivity contribution in [2.75, 3.05) is 20.3 Å². The molecule has 2 rings (SSSR count). The number of ether oxygens (including phenoxy) is 1. The number of carbonyl (C=O) groups excluding carboxylic acids is 1. The van der Waals surface area contributed by atoms with Crippen LogP contribution >= 0.6 is 0 Å². The molecule has 0 unspecified atom stereocenters. The number of aromatic nitrogens is 4. The molecule has 0 fully saturated rings. The monoisotopic (exact) mass is 251 g/mol. The molecule has 0 aliphatic rings. The van der Waals surface area contributed by atoms with E-state index in [-0.39, 0.29) is 19.1 Å². The number of aliphatic hydroxyl groups excluding tert-OH is 1. The average molecular weight is 251 g/mol. The number of aliphatic hydroxyl groups is 1. The van der Waals surface area contributed by atoms with Gasteiger partial charge in [-0.05, 0) is 22.6 Å². The smallest absolute Gasteiger partial charge is 0.270 e. The zero-order valence-electron chi connectivity index (χ0n) is 9.78. The van der Waals surface area contributed by atoms with Crippen molar-refractivity contribution in [1.29, 1.82) is 0 Å². The van der Waals surface area contributed by atoms with E-state index in [0.29, 0.717) is 11.3 Å². The van der Waals surface area contributed by atoms with E-state index in [9.17, 15) is 4.79 Å². The van der Waals surface area contributed by atoms with Gasteiger partial charge in [-0.25, -0.2) is 0 Å². The minimum atomic E-state index is -0.464. The van der Waals surface area contributed by atoms with Gasteiger partial charge in [-0.2, -0.15) is 4.52 Å². The molecule has 1 atom stereocenters. The number of nitrogens with one attached hydrogen (secondary N) is 1. The highest BCUT2D eigenvalue weighted by atomic mass is 16.5. The number of carbonyl (C=O) groups is 1.